The van der Waals surface area contributed by atoms with Crippen LogP contribution in [0.4, 0.5) is 0 Å². The fourth-order valence-corrected chi connectivity index (χ4v) is 7.93. The molecule has 0 aromatic carbocycles. The zero-order valence-corrected chi connectivity index (χ0v) is 39.1. The van der Waals surface area contributed by atoms with Crippen molar-refractivity contribution in [3.63, 3.8) is 0 Å². The zero-order valence-electron chi connectivity index (χ0n) is 39.1. The van der Waals surface area contributed by atoms with E-state index in [1.54, 1.807) is 0 Å². The van der Waals surface area contributed by atoms with Crippen LogP contribution in [-0.2, 0) is 14.3 Å². The van der Waals surface area contributed by atoms with Crippen LogP contribution < -0.4 is 0 Å². The van der Waals surface area contributed by atoms with Crippen molar-refractivity contribution >= 4 is 11.9 Å². The lowest BCUT2D eigenvalue weighted by Gasteiger charge is -2.12. The zero-order chi connectivity index (χ0) is 41.3. The molecule has 0 aliphatic carbocycles. The minimum Gasteiger partial charge on any atom is -0.481 e. The number of unbranched alkanes of at least 4 members (excludes halogenated alkanes) is 37. The lowest BCUT2D eigenvalue weighted by atomic mass is 9.94. The van der Waals surface area contributed by atoms with Gasteiger partial charge in [-0.25, -0.2) is 0 Å². The van der Waals surface area contributed by atoms with Gasteiger partial charge in [-0.2, -0.15) is 0 Å². The quantitative estimate of drug-likeness (QED) is 0.0492. The topological polar surface area (TPSA) is 63.6 Å². The standard InChI is InChI=1S/C28H56O2.C24H48O2/c1-3-5-7-9-11-13-15-16-18-20-22-24-26-27(28(29)30)25-23-21-19-17-14-12-10-8-6-4-2;1-3-5-7-9-11-13-14-15-16-18-20-22-24(25)26-23-21-19-17-12-10-8-6-4-2/h27H,3-26H2,1-2H3,(H,29,30);3-23H2,1-2H3. The summed E-state index contributed by atoms with van der Waals surface area (Å²) in [6, 6.07) is 0. The van der Waals surface area contributed by atoms with Gasteiger partial charge >= 0.3 is 11.9 Å². The van der Waals surface area contributed by atoms with Crippen LogP contribution in [0.25, 0.3) is 0 Å². The Morgan fingerprint density at radius 2 is 0.571 bits per heavy atom. The van der Waals surface area contributed by atoms with Crippen molar-refractivity contribution in [2.24, 2.45) is 5.92 Å². The second-order valence-corrected chi connectivity index (χ2v) is 17.7. The molecule has 1 unspecified atom stereocenters. The molecular weight excluding hydrogens is 689 g/mol. The summed E-state index contributed by atoms with van der Waals surface area (Å²) in [5.74, 6) is -0.639. The summed E-state index contributed by atoms with van der Waals surface area (Å²) in [7, 11) is 0. The van der Waals surface area contributed by atoms with Crippen LogP contribution in [0.15, 0.2) is 0 Å². The molecule has 0 aliphatic heterocycles. The molecule has 1 N–H and O–H groups in total. The van der Waals surface area contributed by atoms with Crippen LogP contribution in [0.5, 0.6) is 0 Å². The van der Waals surface area contributed by atoms with Gasteiger partial charge in [-0.05, 0) is 25.7 Å². The van der Waals surface area contributed by atoms with Gasteiger partial charge in [-0.15, -0.1) is 0 Å². The average Bonchev–Trinajstić information content (AvgIpc) is 3.19. The highest BCUT2D eigenvalue weighted by Crippen LogP contribution is 2.21. The van der Waals surface area contributed by atoms with Crippen molar-refractivity contribution in [2.45, 2.75) is 310 Å². The first-order chi connectivity index (χ1) is 27.5. The fraction of sp³-hybridized carbons (Fsp3) is 0.962. The van der Waals surface area contributed by atoms with E-state index in [2.05, 4.69) is 27.7 Å². The Kier molecular flexibility index (Phi) is 52.9. The summed E-state index contributed by atoms with van der Waals surface area (Å²) in [6.45, 7) is 9.70. The van der Waals surface area contributed by atoms with Gasteiger partial charge in [0.25, 0.3) is 0 Å². The molecule has 0 fully saturated rings. The van der Waals surface area contributed by atoms with Crippen LogP contribution in [-0.4, -0.2) is 23.7 Å². The van der Waals surface area contributed by atoms with E-state index in [-0.39, 0.29) is 11.9 Å². The molecule has 0 aliphatic rings. The Morgan fingerprint density at radius 1 is 0.339 bits per heavy atom. The van der Waals surface area contributed by atoms with Crippen LogP contribution in [0.2, 0.25) is 0 Å². The van der Waals surface area contributed by atoms with Crippen molar-refractivity contribution in [3.8, 4) is 0 Å². The Hall–Kier alpha value is -1.06. The molecule has 0 saturated heterocycles. The second-order valence-electron chi connectivity index (χ2n) is 17.7. The molecule has 0 rings (SSSR count). The molecule has 0 radical (unpaired) electrons. The molecule has 1 atom stereocenters. The summed E-state index contributed by atoms with van der Waals surface area (Å²) >= 11 is 0. The first-order valence-electron chi connectivity index (χ1n) is 25.9. The van der Waals surface area contributed by atoms with Crippen LogP contribution in [0.1, 0.15) is 310 Å². The smallest absolute Gasteiger partial charge is 0.306 e. The van der Waals surface area contributed by atoms with Gasteiger partial charge in [0.15, 0.2) is 0 Å². The number of carbonyl (C=O) groups is 2. The molecule has 0 saturated carbocycles. The molecule has 0 bridgehead atoms. The summed E-state index contributed by atoms with van der Waals surface area (Å²) < 4.78 is 5.34. The number of carbonyl (C=O) groups excluding carboxylic acids is 1. The van der Waals surface area contributed by atoms with Gasteiger partial charge in [0.1, 0.15) is 0 Å². The minimum atomic E-state index is -0.561. The van der Waals surface area contributed by atoms with E-state index in [9.17, 15) is 14.7 Å². The second kappa shape index (κ2) is 52.0. The maximum absolute atomic E-state index is 11.7. The number of aliphatic carboxylic acids is 1. The monoisotopic (exact) mass is 793 g/mol. The highest BCUT2D eigenvalue weighted by molar-refractivity contribution is 5.70. The third-order valence-electron chi connectivity index (χ3n) is 11.9. The largest absolute Gasteiger partial charge is 0.481 e. The molecule has 0 amide bonds. The van der Waals surface area contributed by atoms with E-state index < -0.39 is 5.97 Å². The number of hydrogen-bond acceptors (Lipinski definition) is 3. The Balaban J connectivity index is 0. The third-order valence-corrected chi connectivity index (χ3v) is 11.9. The summed E-state index contributed by atoms with van der Waals surface area (Å²) in [5.41, 5.74) is 0. The number of esters is 1. The number of ether oxygens (including phenoxy) is 1. The van der Waals surface area contributed by atoms with Crippen LogP contribution >= 0.6 is 0 Å². The van der Waals surface area contributed by atoms with Gasteiger partial charge in [-0.1, -0.05) is 278 Å². The number of rotatable bonds is 46. The van der Waals surface area contributed by atoms with Gasteiger partial charge in [0, 0.05) is 6.42 Å². The van der Waals surface area contributed by atoms with E-state index in [1.807, 2.05) is 0 Å². The Labute approximate surface area is 353 Å². The molecular formula is C52H104O4. The summed E-state index contributed by atoms with van der Waals surface area (Å²) in [5, 5.41) is 9.49. The first kappa shape index (κ1) is 57.0. The molecule has 0 aromatic heterocycles. The predicted molar refractivity (Wildman–Crippen MR) is 248 cm³/mol. The Bertz CT molecular complexity index is 736. The normalized spacial score (nSPS) is 11.7. The molecule has 0 aromatic rings. The van der Waals surface area contributed by atoms with Gasteiger partial charge < -0.3 is 9.84 Å². The highest BCUT2D eigenvalue weighted by atomic mass is 16.5. The van der Waals surface area contributed by atoms with E-state index in [0.717, 1.165) is 38.5 Å². The van der Waals surface area contributed by atoms with Crippen molar-refractivity contribution in [1.82, 2.24) is 0 Å². The maximum atomic E-state index is 11.7. The van der Waals surface area contributed by atoms with Crippen molar-refractivity contribution in [3.05, 3.63) is 0 Å². The predicted octanol–water partition coefficient (Wildman–Crippen LogP) is 18.5. The van der Waals surface area contributed by atoms with Crippen molar-refractivity contribution in [1.29, 1.82) is 0 Å². The molecule has 4 heteroatoms. The lowest BCUT2D eigenvalue weighted by molar-refractivity contribution is -0.144. The van der Waals surface area contributed by atoms with Gasteiger partial charge in [0.2, 0.25) is 0 Å². The molecule has 0 heterocycles. The molecule has 0 spiro atoms. The first-order valence-corrected chi connectivity index (χ1v) is 25.9. The van der Waals surface area contributed by atoms with E-state index in [1.165, 1.54) is 238 Å². The van der Waals surface area contributed by atoms with Crippen LogP contribution in [0, 0.1) is 5.92 Å². The maximum Gasteiger partial charge on any atom is 0.306 e. The van der Waals surface area contributed by atoms with E-state index >= 15 is 0 Å². The third kappa shape index (κ3) is 51.0. The highest BCUT2D eigenvalue weighted by Gasteiger charge is 2.16. The van der Waals surface area contributed by atoms with Gasteiger partial charge in [-0.3, -0.25) is 9.59 Å². The molecule has 56 heavy (non-hydrogen) atoms. The van der Waals surface area contributed by atoms with Gasteiger partial charge in [0.05, 0.1) is 12.5 Å². The number of carboxylic acids is 1. The van der Waals surface area contributed by atoms with E-state index in [4.69, 9.17) is 4.74 Å². The minimum absolute atomic E-state index is 0.0175. The summed E-state index contributed by atoms with van der Waals surface area (Å²) in [6.07, 6.45) is 56.6. The summed E-state index contributed by atoms with van der Waals surface area (Å²) in [4.78, 5) is 23.2. The lowest BCUT2D eigenvalue weighted by Crippen LogP contribution is -2.13. The van der Waals surface area contributed by atoms with E-state index in [0.29, 0.717) is 13.0 Å². The fourth-order valence-electron chi connectivity index (χ4n) is 7.93. The number of hydrogen-bond donors (Lipinski definition) is 1. The van der Waals surface area contributed by atoms with Crippen molar-refractivity contribution in [2.75, 3.05) is 6.61 Å². The van der Waals surface area contributed by atoms with Crippen LogP contribution in [0.3, 0.4) is 0 Å². The average molecular weight is 793 g/mol. The molecule has 336 valence electrons. The molecule has 4 nitrogen and oxygen atoms in total. The van der Waals surface area contributed by atoms with Crippen molar-refractivity contribution < 1.29 is 19.4 Å². The Morgan fingerprint density at radius 3 is 0.839 bits per heavy atom. The SMILES string of the molecule is CCCCCCCCCCCCCC(=O)OCCCCCCCCCC.CCCCCCCCCCCCCCC(CCCCCCCCCCCC)C(=O)O. The number of carboxylic acid groups (broad SMARTS) is 1.